The Bertz CT molecular complexity index is 1460. The molecule has 0 bridgehead atoms. The van der Waals surface area contributed by atoms with E-state index >= 15 is 0 Å². The molecule has 0 radical (unpaired) electrons. The molecule has 5 rings (SSSR count). The lowest BCUT2D eigenvalue weighted by Crippen LogP contribution is -2.14. The standard InChI is InChI=1S/C28H26N4O2S/c1-19-24-26(30-16-15-29-23-13-7-11-21-10-5-6-12-22(21)23)31-18-32-27(24)35-25(19)28(33)34-17-14-20-8-3-2-4-9-20/h2-13,18,29H,14-17H2,1H3,(H,30,31,32). The van der Waals surface area contributed by atoms with Crippen molar-refractivity contribution in [2.75, 3.05) is 30.3 Å². The van der Waals surface area contributed by atoms with Crippen molar-refractivity contribution >= 4 is 49.8 Å². The Morgan fingerprint density at radius 3 is 2.57 bits per heavy atom. The van der Waals surface area contributed by atoms with Gasteiger partial charge in [0.1, 0.15) is 21.9 Å². The summed E-state index contributed by atoms with van der Waals surface area (Å²) in [7, 11) is 0. The van der Waals surface area contributed by atoms with Gasteiger partial charge in [0.25, 0.3) is 0 Å². The van der Waals surface area contributed by atoms with Gasteiger partial charge >= 0.3 is 5.97 Å². The highest BCUT2D eigenvalue weighted by Gasteiger charge is 2.20. The summed E-state index contributed by atoms with van der Waals surface area (Å²) in [5.41, 5.74) is 3.09. The van der Waals surface area contributed by atoms with E-state index in [0.717, 1.165) is 39.4 Å². The fourth-order valence-electron chi connectivity index (χ4n) is 4.13. The molecule has 7 heteroatoms. The molecule has 2 heterocycles. The molecule has 0 saturated carbocycles. The fourth-order valence-corrected chi connectivity index (χ4v) is 5.17. The lowest BCUT2D eigenvalue weighted by atomic mass is 10.1. The second-order valence-corrected chi connectivity index (χ2v) is 9.21. The van der Waals surface area contributed by atoms with Crippen LogP contribution >= 0.6 is 11.3 Å². The Hall–Kier alpha value is -3.97. The molecular formula is C28H26N4O2S. The third-order valence-electron chi connectivity index (χ3n) is 5.90. The number of thiophene rings is 1. The minimum atomic E-state index is -0.315. The van der Waals surface area contributed by atoms with Gasteiger partial charge < -0.3 is 15.4 Å². The summed E-state index contributed by atoms with van der Waals surface area (Å²) in [6.45, 7) is 3.65. The Morgan fingerprint density at radius 1 is 0.914 bits per heavy atom. The number of nitrogens with one attached hydrogen (secondary N) is 2. The van der Waals surface area contributed by atoms with Crippen molar-refractivity contribution in [1.29, 1.82) is 0 Å². The second kappa shape index (κ2) is 10.5. The average molecular weight is 483 g/mol. The summed E-state index contributed by atoms with van der Waals surface area (Å²) in [6.07, 6.45) is 2.22. The molecular weight excluding hydrogens is 456 g/mol. The van der Waals surface area contributed by atoms with Crippen LogP contribution in [0.15, 0.2) is 79.1 Å². The van der Waals surface area contributed by atoms with Crippen LogP contribution in [0, 0.1) is 6.92 Å². The highest BCUT2D eigenvalue weighted by molar-refractivity contribution is 7.20. The van der Waals surface area contributed by atoms with Gasteiger partial charge in [-0.25, -0.2) is 14.8 Å². The number of carbonyl (C=O) groups excluding carboxylic acids is 1. The molecule has 0 spiro atoms. The molecule has 0 amide bonds. The first kappa shape index (κ1) is 22.8. The van der Waals surface area contributed by atoms with E-state index in [-0.39, 0.29) is 5.97 Å². The molecule has 2 aromatic heterocycles. The van der Waals surface area contributed by atoms with Gasteiger partial charge in [-0.1, -0.05) is 66.7 Å². The van der Waals surface area contributed by atoms with Crippen molar-refractivity contribution in [3.63, 3.8) is 0 Å². The Kier molecular flexibility index (Phi) is 6.86. The number of aryl methyl sites for hydroxylation is 1. The summed E-state index contributed by atoms with van der Waals surface area (Å²) in [6, 6.07) is 24.6. The zero-order valence-electron chi connectivity index (χ0n) is 19.5. The van der Waals surface area contributed by atoms with Crippen LogP contribution in [-0.2, 0) is 11.2 Å². The van der Waals surface area contributed by atoms with E-state index in [9.17, 15) is 4.79 Å². The van der Waals surface area contributed by atoms with Gasteiger partial charge in [-0.3, -0.25) is 0 Å². The highest BCUT2D eigenvalue weighted by atomic mass is 32.1. The second-order valence-electron chi connectivity index (χ2n) is 8.21. The summed E-state index contributed by atoms with van der Waals surface area (Å²) >= 11 is 1.35. The SMILES string of the molecule is Cc1c(C(=O)OCCc2ccccc2)sc2ncnc(NCCNc3cccc4ccccc34)c12. The molecule has 2 N–H and O–H groups in total. The van der Waals surface area contributed by atoms with Crippen LogP contribution in [0.5, 0.6) is 0 Å². The Morgan fingerprint density at radius 2 is 1.69 bits per heavy atom. The topological polar surface area (TPSA) is 76.1 Å². The van der Waals surface area contributed by atoms with Gasteiger partial charge in [0.2, 0.25) is 0 Å². The van der Waals surface area contributed by atoms with Crippen molar-refractivity contribution in [3.8, 4) is 0 Å². The number of benzene rings is 3. The van der Waals surface area contributed by atoms with E-state index in [1.54, 1.807) is 0 Å². The minimum Gasteiger partial charge on any atom is -0.461 e. The molecule has 0 atom stereocenters. The molecule has 0 aliphatic rings. The maximum atomic E-state index is 12.8. The molecule has 3 aromatic carbocycles. The normalized spacial score (nSPS) is 11.0. The third kappa shape index (κ3) is 5.10. The van der Waals surface area contributed by atoms with Gasteiger partial charge in [0.05, 0.1) is 12.0 Å². The van der Waals surface area contributed by atoms with Crippen LogP contribution in [0.25, 0.3) is 21.0 Å². The smallest absolute Gasteiger partial charge is 0.348 e. The molecule has 0 aliphatic heterocycles. The molecule has 5 aromatic rings. The first-order valence-electron chi connectivity index (χ1n) is 11.6. The Labute approximate surface area is 208 Å². The van der Waals surface area contributed by atoms with Crippen LogP contribution in [0.1, 0.15) is 20.8 Å². The van der Waals surface area contributed by atoms with E-state index in [1.807, 2.05) is 49.4 Å². The summed E-state index contributed by atoms with van der Waals surface area (Å²) in [5, 5.41) is 10.2. The number of ether oxygens (including phenoxy) is 1. The van der Waals surface area contributed by atoms with Crippen molar-refractivity contribution in [2.24, 2.45) is 0 Å². The van der Waals surface area contributed by atoms with Gasteiger partial charge in [0.15, 0.2) is 0 Å². The van der Waals surface area contributed by atoms with Crippen molar-refractivity contribution < 1.29 is 9.53 Å². The number of aromatic nitrogens is 2. The van der Waals surface area contributed by atoms with Gasteiger partial charge in [-0.15, -0.1) is 11.3 Å². The number of carbonyl (C=O) groups is 1. The van der Waals surface area contributed by atoms with Gasteiger partial charge in [0, 0.05) is 30.6 Å². The largest absolute Gasteiger partial charge is 0.461 e. The summed E-state index contributed by atoms with van der Waals surface area (Å²) in [5.74, 6) is 0.414. The predicted molar refractivity (Wildman–Crippen MR) is 144 cm³/mol. The lowest BCUT2D eigenvalue weighted by molar-refractivity contribution is 0.0514. The molecule has 0 unspecified atom stereocenters. The number of anilines is 2. The van der Waals surface area contributed by atoms with E-state index < -0.39 is 0 Å². The highest BCUT2D eigenvalue weighted by Crippen LogP contribution is 2.33. The number of nitrogens with zero attached hydrogens (tertiary/aromatic N) is 2. The molecule has 0 aliphatic carbocycles. The van der Waals surface area contributed by atoms with E-state index in [0.29, 0.717) is 24.4 Å². The minimum absolute atomic E-state index is 0.315. The zero-order valence-corrected chi connectivity index (χ0v) is 20.3. The molecule has 0 fully saturated rings. The van der Waals surface area contributed by atoms with Crippen LogP contribution in [0.4, 0.5) is 11.5 Å². The maximum Gasteiger partial charge on any atom is 0.348 e. The maximum absolute atomic E-state index is 12.8. The fraction of sp³-hybridized carbons (Fsp3) is 0.179. The van der Waals surface area contributed by atoms with Gasteiger partial charge in [-0.2, -0.15) is 0 Å². The van der Waals surface area contributed by atoms with Crippen molar-refractivity contribution in [2.45, 2.75) is 13.3 Å². The Balaban J connectivity index is 1.23. The molecule has 35 heavy (non-hydrogen) atoms. The summed E-state index contributed by atoms with van der Waals surface area (Å²) in [4.78, 5) is 22.9. The monoisotopic (exact) mass is 482 g/mol. The molecule has 6 nitrogen and oxygen atoms in total. The first-order valence-corrected chi connectivity index (χ1v) is 12.4. The zero-order chi connectivity index (χ0) is 24.0. The predicted octanol–water partition coefficient (Wildman–Crippen LogP) is 6.08. The number of hydrogen-bond donors (Lipinski definition) is 2. The van der Waals surface area contributed by atoms with Crippen LogP contribution in [0.3, 0.4) is 0 Å². The van der Waals surface area contributed by atoms with Gasteiger partial charge in [-0.05, 0) is 29.5 Å². The van der Waals surface area contributed by atoms with E-state index in [2.05, 4.69) is 50.9 Å². The number of esters is 1. The lowest BCUT2D eigenvalue weighted by Gasteiger charge is -2.11. The third-order valence-corrected chi connectivity index (χ3v) is 7.08. The average Bonchev–Trinajstić information content (AvgIpc) is 3.24. The number of hydrogen-bond acceptors (Lipinski definition) is 7. The van der Waals surface area contributed by atoms with Crippen LogP contribution in [0.2, 0.25) is 0 Å². The quantitative estimate of drug-likeness (QED) is 0.196. The van der Waals surface area contributed by atoms with Crippen LogP contribution < -0.4 is 10.6 Å². The van der Waals surface area contributed by atoms with E-state index in [4.69, 9.17) is 4.74 Å². The number of fused-ring (bicyclic) bond motifs is 2. The molecule has 176 valence electrons. The molecule has 0 saturated heterocycles. The van der Waals surface area contributed by atoms with Crippen LogP contribution in [-0.4, -0.2) is 35.6 Å². The first-order chi connectivity index (χ1) is 17.2. The van der Waals surface area contributed by atoms with Crippen molar-refractivity contribution in [1.82, 2.24) is 9.97 Å². The summed E-state index contributed by atoms with van der Waals surface area (Å²) < 4.78 is 5.56. The van der Waals surface area contributed by atoms with E-state index in [1.165, 1.54) is 28.4 Å². The van der Waals surface area contributed by atoms with Crippen molar-refractivity contribution in [3.05, 3.63) is 95.1 Å². The number of rotatable bonds is 9.